The van der Waals surface area contributed by atoms with Crippen LogP contribution < -0.4 is 0 Å². The van der Waals surface area contributed by atoms with E-state index < -0.39 is 0 Å². The molecule has 0 bridgehead atoms. The van der Waals surface area contributed by atoms with Crippen LogP contribution in [0.2, 0.25) is 0 Å². The maximum Gasteiger partial charge on any atom is 0.270 e. The Morgan fingerprint density at radius 1 is 1.22 bits per heavy atom. The van der Waals surface area contributed by atoms with Crippen molar-refractivity contribution < 1.29 is 4.79 Å². The highest BCUT2D eigenvalue weighted by Crippen LogP contribution is 2.37. The summed E-state index contributed by atoms with van der Waals surface area (Å²) >= 11 is 1.71. The second-order valence-electron chi connectivity index (χ2n) is 7.40. The summed E-state index contributed by atoms with van der Waals surface area (Å²) in [5.74, 6) is 0.0741. The van der Waals surface area contributed by atoms with E-state index >= 15 is 0 Å². The summed E-state index contributed by atoms with van der Waals surface area (Å²) in [7, 11) is 0. The van der Waals surface area contributed by atoms with Crippen molar-refractivity contribution in [2.45, 2.75) is 32.7 Å². The van der Waals surface area contributed by atoms with Gasteiger partial charge in [0.1, 0.15) is 10.7 Å². The van der Waals surface area contributed by atoms with Gasteiger partial charge in [0, 0.05) is 17.4 Å². The molecule has 136 valence electrons. The maximum absolute atomic E-state index is 13.3. The molecule has 5 rings (SSSR count). The first-order valence-corrected chi connectivity index (χ1v) is 10.2. The van der Waals surface area contributed by atoms with Crippen molar-refractivity contribution in [1.82, 2.24) is 14.9 Å². The molecular formula is C22H21N3OS. The summed E-state index contributed by atoms with van der Waals surface area (Å²) in [4.78, 5) is 23.4. The van der Waals surface area contributed by atoms with Crippen molar-refractivity contribution in [3.05, 3.63) is 64.3 Å². The second-order valence-corrected chi connectivity index (χ2v) is 8.46. The van der Waals surface area contributed by atoms with E-state index in [2.05, 4.69) is 37.0 Å². The largest absolute Gasteiger partial charge is 0.351 e. The van der Waals surface area contributed by atoms with E-state index in [0.717, 1.165) is 40.8 Å². The summed E-state index contributed by atoms with van der Waals surface area (Å²) in [6.07, 6.45) is 1.99. The minimum atomic E-state index is 0.0733. The minimum Gasteiger partial charge on any atom is -0.351 e. The molecule has 2 aromatic carbocycles. The number of hydrogen-bond donors (Lipinski definition) is 1. The Labute approximate surface area is 161 Å². The quantitative estimate of drug-likeness (QED) is 0.512. The van der Waals surface area contributed by atoms with Crippen LogP contribution in [0.4, 0.5) is 0 Å². The van der Waals surface area contributed by atoms with Crippen LogP contribution >= 0.6 is 11.3 Å². The van der Waals surface area contributed by atoms with Crippen LogP contribution in [0.25, 0.3) is 21.1 Å². The predicted octanol–water partition coefficient (Wildman–Crippen LogP) is 5.37. The Morgan fingerprint density at radius 2 is 2.07 bits per heavy atom. The van der Waals surface area contributed by atoms with Crippen LogP contribution in [-0.4, -0.2) is 27.3 Å². The zero-order chi connectivity index (χ0) is 18.5. The van der Waals surface area contributed by atoms with Crippen LogP contribution in [0.3, 0.4) is 0 Å². The molecule has 1 N–H and O–H groups in total. The molecule has 1 fully saturated rings. The molecule has 1 aliphatic heterocycles. The number of likely N-dealkylation sites (tertiary alicyclic amines) is 1. The Hall–Kier alpha value is -2.66. The first-order chi connectivity index (χ1) is 13.1. The lowest BCUT2D eigenvalue weighted by molar-refractivity contribution is 0.0730. The first-order valence-electron chi connectivity index (χ1n) is 9.36. The Bertz CT molecular complexity index is 1140. The lowest BCUT2D eigenvalue weighted by atomic mass is 10.1. The van der Waals surface area contributed by atoms with Gasteiger partial charge >= 0.3 is 0 Å². The third-order valence-corrected chi connectivity index (χ3v) is 6.57. The number of carbonyl (C=O) groups is 1. The second kappa shape index (κ2) is 6.20. The molecule has 1 unspecified atom stereocenters. The van der Waals surface area contributed by atoms with Crippen molar-refractivity contribution in [2.24, 2.45) is 0 Å². The number of benzene rings is 2. The van der Waals surface area contributed by atoms with Gasteiger partial charge < -0.3 is 9.88 Å². The van der Waals surface area contributed by atoms with Crippen LogP contribution in [0.5, 0.6) is 0 Å². The summed E-state index contributed by atoms with van der Waals surface area (Å²) in [5.41, 5.74) is 5.13. The normalized spacial score (nSPS) is 17.3. The van der Waals surface area contributed by atoms with Crippen molar-refractivity contribution in [1.29, 1.82) is 0 Å². The number of aromatic nitrogens is 2. The van der Waals surface area contributed by atoms with Crippen molar-refractivity contribution in [3.63, 3.8) is 0 Å². The lowest BCUT2D eigenvalue weighted by Crippen LogP contribution is -2.30. The Morgan fingerprint density at radius 3 is 2.93 bits per heavy atom. The van der Waals surface area contributed by atoms with Gasteiger partial charge in [0.15, 0.2) is 0 Å². The number of amides is 1. The van der Waals surface area contributed by atoms with E-state index in [9.17, 15) is 4.79 Å². The smallest absolute Gasteiger partial charge is 0.270 e. The van der Waals surface area contributed by atoms with Gasteiger partial charge in [0.05, 0.1) is 16.3 Å². The maximum atomic E-state index is 13.3. The number of para-hydroxylation sites is 1. The fourth-order valence-corrected chi connectivity index (χ4v) is 5.28. The van der Waals surface area contributed by atoms with Gasteiger partial charge in [0.25, 0.3) is 5.91 Å². The van der Waals surface area contributed by atoms with E-state index in [4.69, 9.17) is 4.98 Å². The predicted molar refractivity (Wildman–Crippen MR) is 110 cm³/mol. The molecule has 2 aromatic heterocycles. The van der Waals surface area contributed by atoms with Crippen molar-refractivity contribution in [3.8, 4) is 0 Å². The molecule has 27 heavy (non-hydrogen) atoms. The van der Waals surface area contributed by atoms with E-state index in [0.29, 0.717) is 5.69 Å². The SMILES string of the molecule is Cc1cc(C)c2cc(C(=O)N3CCCC3c3nc4ccccc4s3)[nH]c2c1. The van der Waals surface area contributed by atoms with Gasteiger partial charge in [-0.2, -0.15) is 0 Å². The number of nitrogens with one attached hydrogen (secondary N) is 1. The molecule has 4 nitrogen and oxygen atoms in total. The topological polar surface area (TPSA) is 49.0 Å². The minimum absolute atomic E-state index is 0.0733. The molecule has 1 saturated heterocycles. The molecule has 0 saturated carbocycles. The molecule has 1 amide bonds. The third kappa shape index (κ3) is 2.73. The number of aryl methyl sites for hydroxylation is 2. The number of hydrogen-bond acceptors (Lipinski definition) is 3. The van der Waals surface area contributed by atoms with Gasteiger partial charge in [-0.25, -0.2) is 4.98 Å². The van der Waals surface area contributed by atoms with Crippen LogP contribution in [0.1, 0.15) is 45.5 Å². The lowest BCUT2D eigenvalue weighted by Gasteiger charge is -2.22. The van der Waals surface area contributed by atoms with Crippen LogP contribution in [0.15, 0.2) is 42.5 Å². The fraction of sp³-hybridized carbons (Fsp3) is 0.273. The number of nitrogens with zero attached hydrogens (tertiary/aromatic N) is 2. The van der Waals surface area contributed by atoms with E-state index in [1.807, 2.05) is 29.2 Å². The standard InChI is InChI=1S/C22H21N3OS/c1-13-10-14(2)15-12-18(23-17(15)11-13)22(26)25-9-5-7-19(25)21-24-16-6-3-4-8-20(16)27-21/h3-4,6,8,10-12,19,23H,5,7,9H2,1-2H3. The van der Waals surface area contributed by atoms with Gasteiger partial charge in [-0.15, -0.1) is 11.3 Å². The monoisotopic (exact) mass is 375 g/mol. The highest BCUT2D eigenvalue weighted by molar-refractivity contribution is 7.18. The van der Waals surface area contributed by atoms with Gasteiger partial charge in [-0.3, -0.25) is 4.79 Å². The summed E-state index contributed by atoms with van der Waals surface area (Å²) in [6.45, 7) is 4.96. The number of H-pyrrole nitrogens is 1. The highest BCUT2D eigenvalue weighted by atomic mass is 32.1. The highest BCUT2D eigenvalue weighted by Gasteiger charge is 2.33. The first kappa shape index (κ1) is 16.5. The van der Waals surface area contributed by atoms with Crippen molar-refractivity contribution in [2.75, 3.05) is 6.54 Å². The van der Waals surface area contributed by atoms with Crippen molar-refractivity contribution >= 4 is 38.4 Å². The summed E-state index contributed by atoms with van der Waals surface area (Å²) < 4.78 is 1.18. The molecule has 0 radical (unpaired) electrons. The number of aromatic amines is 1. The van der Waals surface area contributed by atoms with Gasteiger partial charge in [-0.05, 0) is 62.1 Å². The fourth-order valence-electron chi connectivity index (χ4n) is 4.17. The van der Waals surface area contributed by atoms with E-state index in [1.54, 1.807) is 11.3 Å². The molecule has 1 aliphatic rings. The average molecular weight is 375 g/mol. The number of rotatable bonds is 2. The zero-order valence-corrected chi connectivity index (χ0v) is 16.3. The molecule has 3 heterocycles. The third-order valence-electron chi connectivity index (χ3n) is 5.43. The van der Waals surface area contributed by atoms with E-state index in [1.165, 1.54) is 15.8 Å². The number of fused-ring (bicyclic) bond motifs is 2. The molecule has 5 heteroatoms. The molecular weight excluding hydrogens is 354 g/mol. The molecule has 0 spiro atoms. The van der Waals surface area contributed by atoms with E-state index in [-0.39, 0.29) is 11.9 Å². The summed E-state index contributed by atoms with van der Waals surface area (Å²) in [6, 6.07) is 14.5. The molecule has 4 aromatic rings. The number of thiazole rings is 1. The Balaban J connectivity index is 1.51. The van der Waals surface area contributed by atoms with Crippen LogP contribution in [-0.2, 0) is 0 Å². The Kier molecular flexibility index (Phi) is 3.79. The molecule has 1 atom stereocenters. The average Bonchev–Trinajstić information content (AvgIpc) is 3.37. The van der Waals surface area contributed by atoms with Crippen LogP contribution in [0, 0.1) is 13.8 Å². The van der Waals surface area contributed by atoms with Gasteiger partial charge in [-0.1, -0.05) is 18.2 Å². The zero-order valence-electron chi connectivity index (χ0n) is 15.5. The summed E-state index contributed by atoms with van der Waals surface area (Å²) in [5, 5.41) is 2.17. The molecule has 0 aliphatic carbocycles. The van der Waals surface area contributed by atoms with Gasteiger partial charge in [0.2, 0.25) is 0 Å². The number of carbonyl (C=O) groups excluding carboxylic acids is 1.